The fourth-order valence-electron chi connectivity index (χ4n) is 2.59. The van der Waals surface area contributed by atoms with Gasteiger partial charge in [-0.1, -0.05) is 17.8 Å². The summed E-state index contributed by atoms with van der Waals surface area (Å²) in [6.07, 6.45) is 4.42. The van der Waals surface area contributed by atoms with Gasteiger partial charge in [0.05, 0.1) is 17.2 Å². The summed E-state index contributed by atoms with van der Waals surface area (Å²) in [4.78, 5) is 15.4. The molecule has 118 valence electrons. The average molecular weight is 337 g/mol. The zero-order chi connectivity index (χ0) is 15.4. The summed E-state index contributed by atoms with van der Waals surface area (Å²) in [7, 11) is 0. The van der Waals surface area contributed by atoms with Gasteiger partial charge in [0.2, 0.25) is 0 Å². The van der Waals surface area contributed by atoms with E-state index in [-0.39, 0.29) is 5.91 Å². The van der Waals surface area contributed by atoms with Gasteiger partial charge >= 0.3 is 0 Å². The standard InChI is InChI=1S/C15H19N3O2S2/c1-2-4-11-14(22-17-16-11)15(19)18-7-6-13(21-10-8-18)12-5-3-9-20-12/h3,5,9,13H,2,4,6-8,10H2,1H3/t13-/m0/s1. The minimum atomic E-state index is 0.0825. The highest BCUT2D eigenvalue weighted by Crippen LogP contribution is 2.35. The second-order valence-corrected chi connectivity index (χ2v) is 7.32. The van der Waals surface area contributed by atoms with Crippen molar-refractivity contribution in [1.29, 1.82) is 0 Å². The lowest BCUT2D eigenvalue weighted by atomic mass is 10.2. The number of aromatic nitrogens is 2. The van der Waals surface area contributed by atoms with Crippen molar-refractivity contribution in [3.05, 3.63) is 34.7 Å². The van der Waals surface area contributed by atoms with Crippen LogP contribution < -0.4 is 0 Å². The number of carbonyl (C=O) groups is 1. The van der Waals surface area contributed by atoms with Crippen LogP contribution in [-0.2, 0) is 6.42 Å². The van der Waals surface area contributed by atoms with Crippen LogP contribution in [0.2, 0.25) is 0 Å². The summed E-state index contributed by atoms with van der Waals surface area (Å²) >= 11 is 3.08. The Labute approximate surface area is 138 Å². The molecule has 2 aromatic rings. The predicted molar refractivity (Wildman–Crippen MR) is 88.3 cm³/mol. The molecule has 1 fully saturated rings. The van der Waals surface area contributed by atoms with Crippen LogP contribution in [0.25, 0.3) is 0 Å². The molecule has 1 amide bonds. The molecule has 1 aliphatic rings. The van der Waals surface area contributed by atoms with E-state index in [2.05, 4.69) is 16.5 Å². The molecule has 7 heteroatoms. The molecular weight excluding hydrogens is 318 g/mol. The number of carbonyl (C=O) groups excluding carboxylic acids is 1. The molecule has 0 radical (unpaired) electrons. The largest absolute Gasteiger partial charge is 0.468 e. The van der Waals surface area contributed by atoms with Crippen LogP contribution >= 0.6 is 23.3 Å². The van der Waals surface area contributed by atoms with Crippen LogP contribution in [-0.4, -0.2) is 39.2 Å². The molecule has 1 atom stereocenters. The van der Waals surface area contributed by atoms with Crippen LogP contribution in [0.1, 0.15) is 46.1 Å². The minimum Gasteiger partial charge on any atom is -0.468 e. The molecular formula is C15H19N3O2S2. The molecule has 1 saturated heterocycles. The lowest BCUT2D eigenvalue weighted by molar-refractivity contribution is 0.0769. The molecule has 0 spiro atoms. The third-order valence-corrected chi connectivity index (χ3v) is 5.77. The van der Waals surface area contributed by atoms with E-state index in [0.29, 0.717) is 10.1 Å². The predicted octanol–water partition coefficient (Wildman–Crippen LogP) is 3.40. The SMILES string of the molecule is CCCc1nnsc1C(=O)N1CCS[C@H](c2ccco2)CC1. The van der Waals surface area contributed by atoms with E-state index in [0.717, 1.165) is 49.6 Å². The van der Waals surface area contributed by atoms with Crippen molar-refractivity contribution in [3.8, 4) is 0 Å². The molecule has 5 nitrogen and oxygen atoms in total. The first-order chi connectivity index (χ1) is 10.8. The van der Waals surface area contributed by atoms with Crippen molar-refractivity contribution < 1.29 is 9.21 Å². The van der Waals surface area contributed by atoms with Gasteiger partial charge in [0.1, 0.15) is 10.6 Å². The third-order valence-electron chi connectivity index (χ3n) is 3.73. The highest BCUT2D eigenvalue weighted by atomic mass is 32.2. The van der Waals surface area contributed by atoms with Gasteiger partial charge in [0.25, 0.3) is 5.91 Å². The molecule has 2 aromatic heterocycles. The highest BCUT2D eigenvalue weighted by Gasteiger charge is 2.26. The summed E-state index contributed by atoms with van der Waals surface area (Å²) < 4.78 is 9.46. The van der Waals surface area contributed by atoms with E-state index >= 15 is 0 Å². The van der Waals surface area contributed by atoms with Crippen LogP contribution in [0.5, 0.6) is 0 Å². The number of nitrogens with zero attached hydrogens (tertiary/aromatic N) is 3. The smallest absolute Gasteiger partial charge is 0.267 e. The summed E-state index contributed by atoms with van der Waals surface area (Å²) in [6.45, 7) is 3.61. The van der Waals surface area contributed by atoms with Gasteiger partial charge in [-0.25, -0.2) is 0 Å². The van der Waals surface area contributed by atoms with E-state index in [1.54, 1.807) is 6.26 Å². The number of hydrogen-bond acceptors (Lipinski definition) is 6. The molecule has 0 unspecified atom stereocenters. The molecule has 22 heavy (non-hydrogen) atoms. The Morgan fingerprint density at radius 1 is 1.50 bits per heavy atom. The Bertz CT molecular complexity index is 612. The van der Waals surface area contributed by atoms with Gasteiger partial charge in [0, 0.05) is 18.8 Å². The van der Waals surface area contributed by atoms with Crippen molar-refractivity contribution in [2.75, 3.05) is 18.8 Å². The van der Waals surface area contributed by atoms with Gasteiger partial charge in [-0.15, -0.1) is 16.9 Å². The normalized spacial score (nSPS) is 19.1. The molecule has 0 N–H and O–H groups in total. The lowest BCUT2D eigenvalue weighted by Gasteiger charge is -2.19. The number of aryl methyl sites for hydroxylation is 1. The number of furan rings is 1. The molecule has 3 heterocycles. The Morgan fingerprint density at radius 3 is 3.18 bits per heavy atom. The van der Waals surface area contributed by atoms with Crippen LogP contribution in [0.3, 0.4) is 0 Å². The molecule has 0 bridgehead atoms. The van der Waals surface area contributed by atoms with Crippen LogP contribution in [0.4, 0.5) is 0 Å². The number of rotatable bonds is 4. The molecule has 1 aliphatic heterocycles. The Kier molecular flexibility index (Phi) is 5.15. The summed E-state index contributed by atoms with van der Waals surface area (Å²) in [5, 5.41) is 4.44. The second kappa shape index (κ2) is 7.28. The Balaban J connectivity index is 1.67. The maximum Gasteiger partial charge on any atom is 0.267 e. The van der Waals surface area contributed by atoms with Crippen molar-refractivity contribution in [2.24, 2.45) is 0 Å². The number of thioether (sulfide) groups is 1. The van der Waals surface area contributed by atoms with Crippen molar-refractivity contribution in [1.82, 2.24) is 14.5 Å². The van der Waals surface area contributed by atoms with Crippen LogP contribution in [0, 0.1) is 0 Å². The zero-order valence-corrected chi connectivity index (χ0v) is 14.2. The van der Waals surface area contributed by atoms with E-state index in [9.17, 15) is 4.79 Å². The maximum atomic E-state index is 12.7. The topological polar surface area (TPSA) is 59.2 Å². The first-order valence-corrected chi connectivity index (χ1v) is 9.37. The molecule has 0 saturated carbocycles. The van der Waals surface area contributed by atoms with Gasteiger partial charge in [-0.05, 0) is 36.5 Å². The zero-order valence-electron chi connectivity index (χ0n) is 12.5. The monoisotopic (exact) mass is 337 g/mol. The van der Waals surface area contributed by atoms with E-state index in [1.165, 1.54) is 11.5 Å². The first kappa shape index (κ1) is 15.6. The third kappa shape index (κ3) is 3.35. The molecule has 0 aliphatic carbocycles. The van der Waals surface area contributed by atoms with Crippen molar-refractivity contribution >= 4 is 29.2 Å². The van der Waals surface area contributed by atoms with Gasteiger partial charge in [-0.3, -0.25) is 4.79 Å². The fraction of sp³-hybridized carbons (Fsp3) is 0.533. The summed E-state index contributed by atoms with van der Waals surface area (Å²) in [5.41, 5.74) is 0.844. The number of hydrogen-bond donors (Lipinski definition) is 0. The lowest BCUT2D eigenvalue weighted by Crippen LogP contribution is -2.33. The number of amides is 1. The van der Waals surface area contributed by atoms with E-state index in [1.807, 2.05) is 28.8 Å². The highest BCUT2D eigenvalue weighted by molar-refractivity contribution is 7.99. The Morgan fingerprint density at radius 2 is 2.41 bits per heavy atom. The Hall–Kier alpha value is -1.34. The van der Waals surface area contributed by atoms with Gasteiger partial charge in [0.15, 0.2) is 0 Å². The van der Waals surface area contributed by atoms with E-state index < -0.39 is 0 Å². The van der Waals surface area contributed by atoms with E-state index in [4.69, 9.17) is 4.42 Å². The first-order valence-electron chi connectivity index (χ1n) is 7.55. The summed E-state index contributed by atoms with van der Waals surface area (Å²) in [5.74, 6) is 2.01. The molecule has 0 aromatic carbocycles. The van der Waals surface area contributed by atoms with Crippen molar-refractivity contribution in [2.45, 2.75) is 31.4 Å². The fourth-order valence-corrected chi connectivity index (χ4v) is 4.45. The van der Waals surface area contributed by atoms with Gasteiger partial charge < -0.3 is 9.32 Å². The quantitative estimate of drug-likeness (QED) is 0.856. The average Bonchev–Trinajstić information content (AvgIpc) is 3.15. The van der Waals surface area contributed by atoms with Crippen molar-refractivity contribution in [3.63, 3.8) is 0 Å². The maximum absolute atomic E-state index is 12.7. The second-order valence-electron chi connectivity index (χ2n) is 5.25. The minimum absolute atomic E-state index is 0.0825. The molecule has 3 rings (SSSR count). The van der Waals surface area contributed by atoms with Gasteiger partial charge in [-0.2, -0.15) is 0 Å². The summed E-state index contributed by atoms with van der Waals surface area (Å²) in [6, 6.07) is 3.94. The van der Waals surface area contributed by atoms with Crippen LogP contribution in [0.15, 0.2) is 22.8 Å².